The zero-order valence-electron chi connectivity index (χ0n) is 18.7. The van der Waals surface area contributed by atoms with Gasteiger partial charge in [0.15, 0.2) is 11.3 Å². The van der Waals surface area contributed by atoms with Crippen molar-refractivity contribution < 1.29 is 0 Å². The minimum atomic E-state index is 0.817. The summed E-state index contributed by atoms with van der Waals surface area (Å²) in [5, 5.41) is 9.03. The number of nitrogens with zero attached hydrogens (tertiary/aromatic N) is 5. The van der Waals surface area contributed by atoms with E-state index >= 15 is 0 Å². The number of rotatable bonds is 4. The molecule has 6 heteroatoms. The molecule has 0 aliphatic carbocycles. The van der Waals surface area contributed by atoms with Crippen molar-refractivity contribution in [2.75, 3.05) is 26.2 Å². The van der Waals surface area contributed by atoms with Gasteiger partial charge in [0.25, 0.3) is 0 Å². The van der Waals surface area contributed by atoms with Gasteiger partial charge >= 0.3 is 0 Å². The molecule has 1 N–H and O–H groups in total. The van der Waals surface area contributed by atoms with E-state index in [2.05, 4.69) is 74.9 Å². The van der Waals surface area contributed by atoms with Crippen molar-refractivity contribution in [1.82, 2.24) is 29.8 Å². The Kier molecular flexibility index (Phi) is 5.09. The summed E-state index contributed by atoms with van der Waals surface area (Å²) in [7, 11) is 0. The van der Waals surface area contributed by atoms with Crippen LogP contribution in [0.5, 0.6) is 0 Å². The molecule has 0 radical (unpaired) electrons. The Morgan fingerprint density at radius 3 is 2.48 bits per heavy atom. The smallest absolute Gasteiger partial charge is 0.165 e. The lowest BCUT2D eigenvalue weighted by Gasteiger charge is -2.27. The maximum Gasteiger partial charge on any atom is 0.165 e. The number of aromatic nitrogens is 4. The molecule has 4 heterocycles. The molecule has 0 bridgehead atoms. The van der Waals surface area contributed by atoms with Crippen LogP contribution in [-0.2, 0) is 6.54 Å². The van der Waals surface area contributed by atoms with E-state index in [1.807, 2.05) is 29.8 Å². The topological polar surface area (TPSA) is 58.4 Å². The average molecular weight is 435 g/mol. The summed E-state index contributed by atoms with van der Waals surface area (Å²) in [6, 6.07) is 23.5. The maximum atomic E-state index is 5.15. The van der Waals surface area contributed by atoms with E-state index in [-0.39, 0.29) is 0 Å². The van der Waals surface area contributed by atoms with Crippen molar-refractivity contribution in [1.29, 1.82) is 0 Å². The Balaban J connectivity index is 1.47. The lowest BCUT2D eigenvalue weighted by atomic mass is 9.97. The molecular weight excluding hydrogens is 408 g/mol. The number of fused-ring (bicyclic) bond motifs is 3. The van der Waals surface area contributed by atoms with Crippen molar-refractivity contribution in [3.8, 4) is 22.4 Å². The van der Waals surface area contributed by atoms with Crippen LogP contribution in [0, 0.1) is 6.92 Å². The van der Waals surface area contributed by atoms with Gasteiger partial charge in [0.1, 0.15) is 0 Å². The monoisotopic (exact) mass is 434 g/mol. The SMILES string of the molecule is Cc1cc2ncc3cc(-c4ccccc4)c(-c4ccc(CN5CCNCC5)cc4)nc3n2n1. The van der Waals surface area contributed by atoms with Crippen molar-refractivity contribution >= 4 is 16.7 Å². The van der Waals surface area contributed by atoms with Crippen LogP contribution >= 0.6 is 0 Å². The van der Waals surface area contributed by atoms with Crippen LogP contribution in [0.1, 0.15) is 11.3 Å². The van der Waals surface area contributed by atoms with Gasteiger partial charge in [-0.2, -0.15) is 9.61 Å². The van der Waals surface area contributed by atoms with Crippen LogP contribution in [0.25, 0.3) is 39.1 Å². The van der Waals surface area contributed by atoms with Crippen LogP contribution in [0.3, 0.4) is 0 Å². The number of piperazine rings is 1. The van der Waals surface area contributed by atoms with Crippen LogP contribution in [0.15, 0.2) is 72.9 Å². The molecule has 0 atom stereocenters. The van der Waals surface area contributed by atoms with E-state index in [0.717, 1.165) is 77.5 Å². The first kappa shape index (κ1) is 20.0. The maximum absolute atomic E-state index is 5.15. The molecule has 33 heavy (non-hydrogen) atoms. The molecule has 6 rings (SSSR count). The summed E-state index contributed by atoms with van der Waals surface area (Å²) in [5.74, 6) is 0. The van der Waals surface area contributed by atoms with E-state index in [4.69, 9.17) is 4.98 Å². The lowest BCUT2D eigenvalue weighted by Crippen LogP contribution is -2.42. The molecule has 1 aliphatic heterocycles. The highest BCUT2D eigenvalue weighted by atomic mass is 15.3. The molecule has 0 unspecified atom stereocenters. The van der Waals surface area contributed by atoms with Crippen LogP contribution < -0.4 is 5.32 Å². The fourth-order valence-corrected chi connectivity index (χ4v) is 4.61. The highest BCUT2D eigenvalue weighted by Gasteiger charge is 2.15. The fourth-order valence-electron chi connectivity index (χ4n) is 4.61. The number of hydrogen-bond donors (Lipinski definition) is 1. The summed E-state index contributed by atoms with van der Waals surface area (Å²) in [5.41, 5.74) is 8.22. The minimum absolute atomic E-state index is 0.817. The van der Waals surface area contributed by atoms with E-state index < -0.39 is 0 Å². The standard InChI is InChI=1S/C27H26N6/c1-19-15-25-29-17-23-16-24(21-5-3-2-4-6-21)26(30-27(23)33(25)31-19)22-9-7-20(8-10-22)18-32-13-11-28-12-14-32/h2-10,15-17,28H,11-14,18H2,1H3. The third-order valence-corrected chi connectivity index (χ3v) is 6.31. The van der Waals surface area contributed by atoms with Crippen LogP contribution in [-0.4, -0.2) is 50.7 Å². The Hall–Kier alpha value is -3.61. The van der Waals surface area contributed by atoms with Crippen LogP contribution in [0.4, 0.5) is 0 Å². The number of nitrogens with one attached hydrogen (secondary N) is 1. The molecule has 2 aromatic carbocycles. The molecule has 1 saturated heterocycles. The molecule has 0 saturated carbocycles. The van der Waals surface area contributed by atoms with Crippen molar-refractivity contribution in [2.24, 2.45) is 0 Å². The van der Waals surface area contributed by atoms with Gasteiger partial charge in [0.05, 0.1) is 11.4 Å². The van der Waals surface area contributed by atoms with Gasteiger partial charge in [0, 0.05) is 61.5 Å². The van der Waals surface area contributed by atoms with Gasteiger partial charge in [-0.1, -0.05) is 54.6 Å². The number of benzene rings is 2. The van der Waals surface area contributed by atoms with Gasteiger partial charge in [-0.15, -0.1) is 0 Å². The first-order valence-corrected chi connectivity index (χ1v) is 11.5. The summed E-state index contributed by atoms with van der Waals surface area (Å²) < 4.78 is 1.85. The molecule has 6 nitrogen and oxygen atoms in total. The number of aryl methyl sites for hydroxylation is 1. The van der Waals surface area contributed by atoms with Crippen molar-refractivity contribution in [3.05, 3.63) is 84.2 Å². The molecule has 0 amide bonds. The summed E-state index contributed by atoms with van der Waals surface area (Å²) in [4.78, 5) is 12.2. The zero-order valence-corrected chi connectivity index (χ0v) is 18.7. The molecule has 3 aromatic heterocycles. The quantitative estimate of drug-likeness (QED) is 0.456. The Bertz CT molecular complexity index is 1420. The van der Waals surface area contributed by atoms with E-state index in [1.54, 1.807) is 0 Å². The Labute approximate surface area is 192 Å². The second-order valence-corrected chi connectivity index (χ2v) is 8.70. The van der Waals surface area contributed by atoms with Crippen molar-refractivity contribution in [2.45, 2.75) is 13.5 Å². The second kappa shape index (κ2) is 8.39. The van der Waals surface area contributed by atoms with Gasteiger partial charge in [0.2, 0.25) is 0 Å². The van der Waals surface area contributed by atoms with Gasteiger partial charge in [-0.3, -0.25) is 4.90 Å². The highest BCUT2D eigenvalue weighted by molar-refractivity contribution is 5.90. The number of pyridine rings is 1. The Morgan fingerprint density at radius 2 is 1.70 bits per heavy atom. The van der Waals surface area contributed by atoms with Crippen LogP contribution in [0.2, 0.25) is 0 Å². The van der Waals surface area contributed by atoms with Gasteiger partial charge in [-0.25, -0.2) is 9.97 Å². The predicted octanol–water partition coefficient (Wildman–Crippen LogP) is 4.33. The third-order valence-electron chi connectivity index (χ3n) is 6.31. The zero-order chi connectivity index (χ0) is 22.2. The third kappa shape index (κ3) is 3.88. The minimum Gasteiger partial charge on any atom is -0.314 e. The molecule has 1 aliphatic rings. The fraction of sp³-hybridized carbons (Fsp3) is 0.222. The largest absolute Gasteiger partial charge is 0.314 e. The average Bonchev–Trinajstić information content (AvgIpc) is 3.26. The predicted molar refractivity (Wildman–Crippen MR) is 132 cm³/mol. The normalized spacial score (nSPS) is 14.8. The molecule has 5 aromatic rings. The Morgan fingerprint density at radius 1 is 0.909 bits per heavy atom. The van der Waals surface area contributed by atoms with Crippen molar-refractivity contribution in [3.63, 3.8) is 0 Å². The van der Waals surface area contributed by atoms with E-state index in [0.29, 0.717) is 0 Å². The summed E-state index contributed by atoms with van der Waals surface area (Å²) in [6.07, 6.45) is 1.89. The van der Waals surface area contributed by atoms with E-state index in [9.17, 15) is 0 Å². The summed E-state index contributed by atoms with van der Waals surface area (Å²) in [6.45, 7) is 7.29. The molecule has 164 valence electrons. The van der Waals surface area contributed by atoms with Gasteiger partial charge in [-0.05, 0) is 24.1 Å². The van der Waals surface area contributed by atoms with Gasteiger partial charge < -0.3 is 5.32 Å². The highest BCUT2D eigenvalue weighted by Crippen LogP contribution is 2.33. The first-order chi connectivity index (χ1) is 16.2. The first-order valence-electron chi connectivity index (χ1n) is 11.5. The number of hydrogen-bond acceptors (Lipinski definition) is 5. The summed E-state index contributed by atoms with van der Waals surface area (Å²) >= 11 is 0. The molecular formula is C27H26N6. The molecule has 0 spiro atoms. The second-order valence-electron chi connectivity index (χ2n) is 8.70. The molecule has 1 fully saturated rings. The van der Waals surface area contributed by atoms with E-state index in [1.165, 1.54) is 5.56 Å². The lowest BCUT2D eigenvalue weighted by molar-refractivity contribution is 0.233.